The molecule has 0 spiro atoms. The van der Waals surface area contributed by atoms with Gasteiger partial charge in [0.2, 0.25) is 0 Å². The average Bonchev–Trinajstić information content (AvgIpc) is 2.76. The second-order valence-electron chi connectivity index (χ2n) is 6.93. The number of benzene rings is 1. The summed E-state index contributed by atoms with van der Waals surface area (Å²) in [5.41, 5.74) is 6.58. The third kappa shape index (κ3) is 5.25. The van der Waals surface area contributed by atoms with Gasteiger partial charge in [0, 0.05) is 0 Å². The summed E-state index contributed by atoms with van der Waals surface area (Å²) in [4.78, 5) is 0. The minimum atomic E-state index is -1.37. The summed E-state index contributed by atoms with van der Waals surface area (Å²) in [6, 6.07) is 15.0. The molecule has 0 atom stereocenters. The first kappa shape index (κ1) is 25.7. The molecule has 0 N–H and O–H groups in total. The van der Waals surface area contributed by atoms with Crippen LogP contribution in [-0.2, 0) is 40.6 Å². The van der Waals surface area contributed by atoms with Crippen LogP contribution in [0, 0.1) is 29.2 Å². The average molecular weight is 374 g/mol. The molecule has 0 nitrogen and oxygen atoms in total. The third-order valence-corrected chi connectivity index (χ3v) is 8.14. The van der Waals surface area contributed by atoms with Gasteiger partial charge in [-0.3, -0.25) is 0 Å². The number of hydrogen-bond acceptors (Lipinski definition) is 0. The van der Waals surface area contributed by atoms with Crippen molar-refractivity contribution in [2.24, 2.45) is 0 Å². The van der Waals surface area contributed by atoms with Crippen molar-refractivity contribution in [1.82, 2.24) is 0 Å². The molecule has 0 aliphatic heterocycles. The summed E-state index contributed by atoms with van der Waals surface area (Å²) in [5.74, 6) is 0. The van der Waals surface area contributed by atoms with Crippen molar-refractivity contribution in [2.45, 2.75) is 51.7 Å². The molecule has 0 fully saturated rings. The molecular weight excluding hydrogens is 340 g/mol. The van der Waals surface area contributed by atoms with Gasteiger partial charge in [-0.2, -0.15) is 22.3 Å². The van der Waals surface area contributed by atoms with Crippen LogP contribution in [0.3, 0.4) is 0 Å². The Balaban J connectivity index is 0. The summed E-state index contributed by atoms with van der Waals surface area (Å²) in [6.45, 7) is 7.37. The predicted molar refractivity (Wildman–Crippen MR) is 110 cm³/mol. The van der Waals surface area contributed by atoms with Crippen LogP contribution in [0.5, 0.6) is 0 Å². The molecule has 0 aromatic heterocycles. The second-order valence-corrected chi connectivity index (χ2v) is 11.6. The molecule has 2 aromatic rings. The fourth-order valence-electron chi connectivity index (χ4n) is 3.68. The zero-order valence-corrected chi connectivity index (χ0v) is 19.1. The van der Waals surface area contributed by atoms with E-state index in [1.165, 1.54) is 31.7 Å². The zero-order chi connectivity index (χ0) is 14.2. The van der Waals surface area contributed by atoms with Gasteiger partial charge in [0.25, 0.3) is 0 Å². The minimum absolute atomic E-state index is 0. The molecule has 0 radical (unpaired) electrons. The molecule has 0 saturated heterocycles. The molecule has 24 heavy (non-hydrogen) atoms. The van der Waals surface area contributed by atoms with Gasteiger partial charge in [-0.15, -0.1) is 0 Å². The Bertz CT molecular complexity index is 596. The molecule has 1 aliphatic rings. The summed E-state index contributed by atoms with van der Waals surface area (Å²) < 4.78 is 0. The van der Waals surface area contributed by atoms with Crippen molar-refractivity contribution in [3.05, 3.63) is 80.9 Å². The van der Waals surface area contributed by atoms with Crippen LogP contribution in [0.25, 0.3) is 0 Å². The maximum Gasteiger partial charge on any atom is 4.00 e. The Kier molecular flexibility index (Phi) is 11.2. The normalized spacial score (nSPS) is 12.6. The van der Waals surface area contributed by atoms with Gasteiger partial charge >= 0.3 is 21.7 Å². The summed E-state index contributed by atoms with van der Waals surface area (Å²) in [6.07, 6.45) is 5.39. The zero-order valence-electron chi connectivity index (χ0n) is 16.5. The molecular formula is C22H34SiTi. The third-order valence-electron chi connectivity index (χ3n) is 4.98. The van der Waals surface area contributed by atoms with Gasteiger partial charge in [-0.05, 0) is 0 Å². The maximum atomic E-state index is 2.53. The van der Waals surface area contributed by atoms with E-state index in [1.807, 2.05) is 0 Å². The first-order valence-electron chi connectivity index (χ1n) is 7.90. The fourth-order valence-corrected chi connectivity index (χ4v) is 6.30. The largest absolute Gasteiger partial charge is 4.00 e. The summed E-state index contributed by atoms with van der Waals surface area (Å²) in [7, 11) is -1.37. The standard InChI is InChI=1S/C19H25Si.3CH3.Ti/c1-15-17(13-16-9-7-8-12-19(15)16)14-20(2,3)18-10-5-4-6-11-18;;;;/h4-6,10-11,13H,7-9,12,14H2,1-3H3;3*1H3;/q4*-1;+4. The van der Waals surface area contributed by atoms with E-state index in [9.17, 15) is 0 Å². The Morgan fingerprint density at radius 3 is 2.12 bits per heavy atom. The fraction of sp³-hybridized carbons (Fsp3) is 0.364. The van der Waals surface area contributed by atoms with E-state index < -0.39 is 8.07 Å². The Morgan fingerprint density at radius 1 is 0.958 bits per heavy atom. The van der Waals surface area contributed by atoms with Crippen molar-refractivity contribution in [3.8, 4) is 0 Å². The van der Waals surface area contributed by atoms with Gasteiger partial charge in [0.05, 0.1) is 8.07 Å². The summed E-state index contributed by atoms with van der Waals surface area (Å²) >= 11 is 0. The van der Waals surface area contributed by atoms with Crippen LogP contribution in [0.4, 0.5) is 0 Å². The monoisotopic (exact) mass is 374 g/mol. The predicted octanol–water partition coefficient (Wildman–Crippen LogP) is 5.64. The first-order valence-corrected chi connectivity index (χ1v) is 11.1. The molecule has 0 heterocycles. The van der Waals surface area contributed by atoms with E-state index in [0.717, 1.165) is 0 Å². The molecule has 3 rings (SSSR count). The summed E-state index contributed by atoms with van der Waals surface area (Å²) in [5, 5.41) is 1.58. The Hall–Kier alpha value is -0.499. The Morgan fingerprint density at radius 2 is 1.54 bits per heavy atom. The van der Waals surface area contributed by atoms with Crippen molar-refractivity contribution in [2.75, 3.05) is 0 Å². The van der Waals surface area contributed by atoms with Crippen molar-refractivity contribution in [1.29, 1.82) is 0 Å². The van der Waals surface area contributed by atoms with Crippen molar-refractivity contribution in [3.63, 3.8) is 0 Å². The molecule has 0 saturated carbocycles. The second kappa shape index (κ2) is 10.5. The molecule has 0 unspecified atom stereocenters. The topological polar surface area (TPSA) is 0 Å². The van der Waals surface area contributed by atoms with Gasteiger partial charge in [0.15, 0.2) is 0 Å². The quantitative estimate of drug-likeness (QED) is 0.482. The van der Waals surface area contributed by atoms with E-state index >= 15 is 0 Å². The molecule has 0 bridgehead atoms. The van der Waals surface area contributed by atoms with Gasteiger partial charge < -0.3 is 22.3 Å². The van der Waals surface area contributed by atoms with E-state index in [4.69, 9.17) is 0 Å². The molecule has 1 aliphatic carbocycles. The maximum absolute atomic E-state index is 2.53. The van der Waals surface area contributed by atoms with Crippen LogP contribution in [0.15, 0.2) is 36.4 Å². The number of fused-ring (bicyclic) bond motifs is 1. The number of hydrogen-bond donors (Lipinski definition) is 0. The van der Waals surface area contributed by atoms with E-state index in [-0.39, 0.29) is 44.0 Å². The molecule has 2 heteroatoms. The van der Waals surface area contributed by atoms with Gasteiger partial charge in [0.1, 0.15) is 0 Å². The van der Waals surface area contributed by atoms with Gasteiger partial charge in [-0.25, -0.2) is 6.07 Å². The van der Waals surface area contributed by atoms with Crippen LogP contribution in [-0.4, -0.2) is 8.07 Å². The van der Waals surface area contributed by atoms with Crippen LogP contribution in [0.2, 0.25) is 13.1 Å². The Labute approximate surface area is 167 Å². The van der Waals surface area contributed by atoms with Gasteiger partial charge in [-0.1, -0.05) is 87.3 Å². The SMILES string of the molecule is C[c-]1c(C[Si](C)(C)c2ccccc2)cc2c1CCCC2.[CH3-].[CH3-].[CH3-].[Ti+4]. The van der Waals surface area contributed by atoms with E-state index in [0.29, 0.717) is 0 Å². The van der Waals surface area contributed by atoms with Crippen LogP contribution < -0.4 is 5.19 Å². The van der Waals surface area contributed by atoms with Crippen molar-refractivity contribution < 1.29 is 21.7 Å². The molecule has 2 aromatic carbocycles. The van der Waals surface area contributed by atoms with E-state index in [1.54, 1.807) is 27.4 Å². The number of rotatable bonds is 3. The first-order chi connectivity index (χ1) is 9.58. The number of aryl methyl sites for hydroxylation is 1. The van der Waals surface area contributed by atoms with Crippen molar-refractivity contribution >= 4 is 13.3 Å². The smallest absolute Gasteiger partial charge is 0.358 e. The van der Waals surface area contributed by atoms with Crippen LogP contribution >= 0.6 is 0 Å². The minimum Gasteiger partial charge on any atom is -0.358 e. The molecule has 130 valence electrons. The molecule has 0 amide bonds. The van der Waals surface area contributed by atoms with E-state index in [2.05, 4.69) is 56.4 Å². The van der Waals surface area contributed by atoms with Crippen LogP contribution in [0.1, 0.15) is 35.1 Å².